The molecule has 19 heavy (non-hydrogen) atoms. The number of carboxylic acids is 1. The molecule has 0 spiro atoms. The summed E-state index contributed by atoms with van der Waals surface area (Å²) in [6.45, 7) is 4.12. The minimum absolute atomic E-state index is 0.109. The number of nitrogens with one attached hydrogen (secondary N) is 2. The van der Waals surface area contributed by atoms with Crippen LogP contribution >= 0.6 is 11.3 Å². The van der Waals surface area contributed by atoms with E-state index < -0.39 is 18.0 Å². The number of nitrogens with zero attached hydrogens (tertiary/aromatic N) is 1. The van der Waals surface area contributed by atoms with Gasteiger partial charge in [-0.05, 0) is 5.92 Å². The summed E-state index contributed by atoms with van der Waals surface area (Å²) in [5, 5.41) is 16.1. The number of hydrogen-bond acceptors (Lipinski definition) is 4. The monoisotopic (exact) mass is 285 g/mol. The summed E-state index contributed by atoms with van der Waals surface area (Å²) >= 11 is 1.50. The quantitative estimate of drug-likeness (QED) is 0.707. The van der Waals surface area contributed by atoms with Crippen LogP contribution in [-0.4, -0.2) is 34.7 Å². The van der Waals surface area contributed by atoms with Gasteiger partial charge in [0.15, 0.2) is 0 Å². The molecule has 0 aromatic carbocycles. The van der Waals surface area contributed by atoms with Crippen molar-refractivity contribution in [3.63, 3.8) is 0 Å². The van der Waals surface area contributed by atoms with Crippen molar-refractivity contribution >= 4 is 23.3 Å². The summed E-state index contributed by atoms with van der Waals surface area (Å²) in [5.41, 5.74) is 2.65. The highest BCUT2D eigenvalue weighted by atomic mass is 32.1. The summed E-state index contributed by atoms with van der Waals surface area (Å²) in [5.74, 6) is -1.12. The minimum atomic E-state index is -1.01. The predicted octanol–water partition coefficient (Wildman–Crippen LogP) is 1.48. The lowest BCUT2D eigenvalue weighted by atomic mass is 9.99. The molecule has 1 aromatic heterocycles. The zero-order valence-electron chi connectivity index (χ0n) is 11.0. The lowest BCUT2D eigenvalue weighted by Gasteiger charge is -2.20. The molecule has 1 aromatic rings. The van der Waals surface area contributed by atoms with Crippen molar-refractivity contribution in [2.75, 3.05) is 6.54 Å². The van der Waals surface area contributed by atoms with Crippen molar-refractivity contribution in [3.05, 3.63) is 16.6 Å². The fraction of sp³-hybridized carbons (Fsp3) is 0.583. The number of amides is 2. The third-order valence-electron chi connectivity index (χ3n) is 2.92. The van der Waals surface area contributed by atoms with Crippen molar-refractivity contribution in [3.8, 4) is 0 Å². The summed E-state index contributed by atoms with van der Waals surface area (Å²) in [6.07, 6.45) is 1.33. The summed E-state index contributed by atoms with van der Waals surface area (Å²) in [4.78, 5) is 26.7. The largest absolute Gasteiger partial charge is 0.480 e. The third-order valence-corrected chi connectivity index (χ3v) is 3.55. The van der Waals surface area contributed by atoms with Crippen molar-refractivity contribution in [1.29, 1.82) is 0 Å². The summed E-state index contributed by atoms with van der Waals surface area (Å²) in [6, 6.07) is -1.31. The highest BCUT2D eigenvalue weighted by Gasteiger charge is 2.24. The number of carboxylic acid groups (broad SMARTS) is 1. The molecule has 1 rings (SSSR count). The maximum Gasteiger partial charge on any atom is 0.326 e. The first-order valence-electron chi connectivity index (χ1n) is 6.18. The molecule has 0 radical (unpaired) electrons. The molecular formula is C12H19N3O3S. The van der Waals surface area contributed by atoms with Crippen LogP contribution in [-0.2, 0) is 11.2 Å². The van der Waals surface area contributed by atoms with Crippen molar-refractivity contribution in [1.82, 2.24) is 15.6 Å². The van der Waals surface area contributed by atoms with Gasteiger partial charge in [0.1, 0.15) is 6.04 Å². The lowest BCUT2D eigenvalue weighted by Crippen LogP contribution is -2.49. The predicted molar refractivity (Wildman–Crippen MR) is 73.2 cm³/mol. The first kappa shape index (κ1) is 15.4. The summed E-state index contributed by atoms with van der Waals surface area (Å²) in [7, 11) is 0. The highest BCUT2D eigenvalue weighted by Crippen LogP contribution is 2.07. The standard InChI is InChI=1S/C12H19N3O3S/c1-3-8(2)10(11(16)17)15-12(18)13-5-4-9-6-19-7-14-9/h6-8,10H,3-5H2,1-2H3,(H,16,17)(H2,13,15,18)/t8?,10-/m0/s1. The zero-order chi connectivity index (χ0) is 14.3. The first-order chi connectivity index (χ1) is 9.04. The number of aliphatic carboxylic acids is 1. The van der Waals surface area contributed by atoms with Crippen molar-refractivity contribution in [2.45, 2.75) is 32.7 Å². The van der Waals surface area contributed by atoms with Crippen LogP contribution in [0.5, 0.6) is 0 Å². The number of aromatic nitrogens is 1. The van der Waals surface area contributed by atoms with E-state index in [-0.39, 0.29) is 5.92 Å². The van der Waals surface area contributed by atoms with Gasteiger partial charge in [0, 0.05) is 18.3 Å². The van der Waals surface area contributed by atoms with Crippen LogP contribution in [0.15, 0.2) is 10.9 Å². The summed E-state index contributed by atoms with van der Waals surface area (Å²) < 4.78 is 0. The normalized spacial score (nSPS) is 13.6. The molecule has 1 heterocycles. The smallest absolute Gasteiger partial charge is 0.326 e. The zero-order valence-corrected chi connectivity index (χ0v) is 11.9. The molecule has 1 unspecified atom stereocenters. The van der Waals surface area contributed by atoms with Crippen molar-refractivity contribution in [2.24, 2.45) is 5.92 Å². The van der Waals surface area contributed by atoms with Gasteiger partial charge in [0.05, 0.1) is 11.2 Å². The Kier molecular flexibility index (Phi) is 6.27. The second-order valence-corrected chi connectivity index (χ2v) is 5.05. The topological polar surface area (TPSA) is 91.3 Å². The first-order valence-corrected chi connectivity index (χ1v) is 7.13. The SMILES string of the molecule is CCC(C)[C@H](NC(=O)NCCc1cscn1)C(=O)O. The number of thiazole rings is 1. The molecule has 0 saturated carbocycles. The molecule has 2 amide bonds. The molecule has 0 saturated heterocycles. The maximum atomic E-state index is 11.6. The minimum Gasteiger partial charge on any atom is -0.480 e. The fourth-order valence-corrected chi connectivity index (χ4v) is 2.13. The molecule has 0 bridgehead atoms. The van der Waals surface area contributed by atoms with Gasteiger partial charge in [-0.1, -0.05) is 20.3 Å². The van der Waals surface area contributed by atoms with E-state index in [1.54, 1.807) is 12.4 Å². The number of carbonyl (C=O) groups excluding carboxylic acids is 1. The van der Waals surface area contributed by atoms with E-state index in [0.717, 1.165) is 5.69 Å². The molecule has 6 nitrogen and oxygen atoms in total. The second kappa shape index (κ2) is 7.73. The maximum absolute atomic E-state index is 11.6. The van der Waals surface area contributed by atoms with Gasteiger partial charge in [-0.15, -0.1) is 11.3 Å². The number of carbonyl (C=O) groups is 2. The Morgan fingerprint density at radius 3 is 2.79 bits per heavy atom. The van der Waals surface area contributed by atoms with E-state index in [9.17, 15) is 9.59 Å². The molecule has 0 fully saturated rings. The Morgan fingerprint density at radius 1 is 1.53 bits per heavy atom. The Hall–Kier alpha value is -1.63. The molecule has 0 aliphatic rings. The van der Waals surface area contributed by atoms with Gasteiger partial charge < -0.3 is 15.7 Å². The van der Waals surface area contributed by atoms with Crippen LogP contribution in [0.1, 0.15) is 26.0 Å². The van der Waals surface area contributed by atoms with Crippen LogP contribution in [0.2, 0.25) is 0 Å². The second-order valence-electron chi connectivity index (χ2n) is 4.33. The van der Waals surface area contributed by atoms with E-state index in [1.807, 2.05) is 12.3 Å². The van der Waals surface area contributed by atoms with E-state index in [1.165, 1.54) is 11.3 Å². The highest BCUT2D eigenvalue weighted by molar-refractivity contribution is 7.07. The molecule has 3 N–H and O–H groups in total. The Labute approximate surface area is 116 Å². The molecular weight excluding hydrogens is 266 g/mol. The van der Waals surface area contributed by atoms with E-state index in [0.29, 0.717) is 19.4 Å². The van der Waals surface area contributed by atoms with Gasteiger partial charge in [-0.2, -0.15) is 0 Å². The van der Waals surface area contributed by atoms with Gasteiger partial charge in [0.25, 0.3) is 0 Å². The average molecular weight is 285 g/mol. The third kappa shape index (κ3) is 5.25. The number of hydrogen-bond donors (Lipinski definition) is 3. The molecule has 7 heteroatoms. The van der Waals surface area contributed by atoms with Crippen LogP contribution in [0.4, 0.5) is 4.79 Å². The van der Waals surface area contributed by atoms with E-state index in [2.05, 4.69) is 15.6 Å². The lowest BCUT2D eigenvalue weighted by molar-refractivity contribution is -0.140. The van der Waals surface area contributed by atoms with Gasteiger partial charge >= 0.3 is 12.0 Å². The molecule has 0 aliphatic heterocycles. The van der Waals surface area contributed by atoms with E-state index in [4.69, 9.17) is 5.11 Å². The molecule has 2 atom stereocenters. The number of rotatable bonds is 7. The Bertz CT molecular complexity index is 408. The molecule has 0 aliphatic carbocycles. The van der Waals surface area contributed by atoms with Gasteiger partial charge in [-0.25, -0.2) is 14.6 Å². The van der Waals surface area contributed by atoms with Crippen LogP contribution < -0.4 is 10.6 Å². The van der Waals surface area contributed by atoms with E-state index >= 15 is 0 Å². The van der Waals surface area contributed by atoms with Gasteiger partial charge in [-0.3, -0.25) is 0 Å². The van der Waals surface area contributed by atoms with Crippen LogP contribution in [0.3, 0.4) is 0 Å². The van der Waals surface area contributed by atoms with Crippen LogP contribution in [0, 0.1) is 5.92 Å². The Balaban J connectivity index is 2.34. The van der Waals surface area contributed by atoms with Crippen molar-refractivity contribution < 1.29 is 14.7 Å². The number of urea groups is 1. The Morgan fingerprint density at radius 2 is 2.26 bits per heavy atom. The fourth-order valence-electron chi connectivity index (χ4n) is 1.54. The van der Waals surface area contributed by atoms with Crippen LogP contribution in [0.25, 0.3) is 0 Å². The average Bonchev–Trinajstić information content (AvgIpc) is 2.87. The van der Waals surface area contributed by atoms with Gasteiger partial charge in [0.2, 0.25) is 0 Å². The molecule has 106 valence electrons.